The van der Waals surface area contributed by atoms with Crippen molar-refractivity contribution < 1.29 is 9.59 Å². The van der Waals surface area contributed by atoms with Crippen LogP contribution in [0, 0.1) is 0 Å². The van der Waals surface area contributed by atoms with E-state index in [0.717, 1.165) is 29.7 Å². The Morgan fingerprint density at radius 3 is 2.54 bits per heavy atom. The minimum Gasteiger partial charge on any atom is -0.357 e. The summed E-state index contributed by atoms with van der Waals surface area (Å²) in [6.07, 6.45) is 1.07. The summed E-state index contributed by atoms with van der Waals surface area (Å²) in [7, 11) is 1.57. The number of para-hydroxylation sites is 1. The summed E-state index contributed by atoms with van der Waals surface area (Å²) >= 11 is 6.11. The molecule has 2 aliphatic heterocycles. The lowest BCUT2D eigenvalue weighted by atomic mass is 9.90. The molecule has 1 fully saturated rings. The number of nitrogens with one attached hydrogen (secondary N) is 1. The molecule has 2 amide bonds. The summed E-state index contributed by atoms with van der Waals surface area (Å²) in [5, 5.41) is 1.90. The quantitative estimate of drug-likeness (QED) is 0.678. The van der Waals surface area contributed by atoms with Crippen molar-refractivity contribution in [3.63, 3.8) is 0 Å². The van der Waals surface area contributed by atoms with Crippen molar-refractivity contribution in [1.29, 1.82) is 0 Å². The molecule has 2 unspecified atom stereocenters. The molecule has 0 aliphatic carbocycles. The van der Waals surface area contributed by atoms with Gasteiger partial charge in [0.1, 0.15) is 0 Å². The molecule has 2 aliphatic rings. The van der Waals surface area contributed by atoms with E-state index in [1.54, 1.807) is 7.05 Å². The van der Waals surface area contributed by atoms with Gasteiger partial charge in [0.25, 0.3) is 0 Å². The average Bonchev–Trinajstić information content (AvgIpc) is 3.20. The lowest BCUT2D eigenvalue weighted by Crippen LogP contribution is -2.46. The van der Waals surface area contributed by atoms with Crippen LogP contribution in [0.4, 0.5) is 0 Å². The number of nitrogens with zero attached hydrogens (tertiary/aromatic N) is 2. The number of H-pyrrole nitrogens is 1. The van der Waals surface area contributed by atoms with Crippen LogP contribution < -0.4 is 0 Å². The molecule has 6 heteroatoms. The van der Waals surface area contributed by atoms with Crippen LogP contribution in [-0.2, 0) is 16.0 Å². The highest BCUT2D eigenvalue weighted by Gasteiger charge is 2.45. The summed E-state index contributed by atoms with van der Waals surface area (Å²) in [4.78, 5) is 31.9. The Hall–Kier alpha value is -2.63. The van der Waals surface area contributed by atoms with Gasteiger partial charge in [-0.3, -0.25) is 19.4 Å². The third-order valence-electron chi connectivity index (χ3n) is 6.02. The molecule has 142 valence electrons. The molecule has 3 heterocycles. The van der Waals surface area contributed by atoms with Gasteiger partial charge in [0.15, 0.2) is 0 Å². The van der Waals surface area contributed by atoms with Crippen LogP contribution in [0.1, 0.15) is 29.3 Å². The van der Waals surface area contributed by atoms with Crippen LogP contribution in [0.5, 0.6) is 0 Å². The lowest BCUT2D eigenvalue weighted by Gasteiger charge is -2.39. The Morgan fingerprint density at radius 2 is 1.82 bits per heavy atom. The average molecular weight is 394 g/mol. The van der Waals surface area contributed by atoms with Gasteiger partial charge in [0.2, 0.25) is 11.8 Å². The third-order valence-corrected chi connectivity index (χ3v) is 6.27. The lowest BCUT2D eigenvalue weighted by molar-refractivity contribution is -0.138. The third kappa shape index (κ3) is 2.58. The Morgan fingerprint density at radius 1 is 1.07 bits per heavy atom. The molecule has 1 N–H and O–H groups in total. The second-order valence-corrected chi connectivity index (χ2v) is 7.95. The second kappa shape index (κ2) is 6.47. The fourth-order valence-corrected chi connectivity index (χ4v) is 4.72. The first-order valence-corrected chi connectivity index (χ1v) is 9.83. The van der Waals surface area contributed by atoms with Crippen LogP contribution in [-0.4, -0.2) is 46.2 Å². The Labute approximate surface area is 167 Å². The number of aromatic amines is 1. The van der Waals surface area contributed by atoms with E-state index < -0.39 is 6.04 Å². The minimum atomic E-state index is -0.433. The van der Waals surface area contributed by atoms with Gasteiger partial charge >= 0.3 is 0 Å². The van der Waals surface area contributed by atoms with Gasteiger partial charge < -0.3 is 4.98 Å². The molecular formula is C22H20ClN3O2. The molecular weight excluding hydrogens is 374 g/mol. The molecule has 28 heavy (non-hydrogen) atoms. The van der Waals surface area contributed by atoms with Gasteiger partial charge in [-0.2, -0.15) is 0 Å². The van der Waals surface area contributed by atoms with E-state index in [1.165, 1.54) is 15.8 Å². The number of hydrogen-bond donors (Lipinski definition) is 1. The molecule has 3 aromatic rings. The first-order valence-electron chi connectivity index (χ1n) is 9.45. The minimum absolute atomic E-state index is 0.118. The highest BCUT2D eigenvalue weighted by atomic mass is 35.5. The summed E-state index contributed by atoms with van der Waals surface area (Å²) in [6, 6.07) is 15.5. The fraction of sp³-hybridized carbons (Fsp3) is 0.273. The highest BCUT2D eigenvalue weighted by molar-refractivity contribution is 6.30. The maximum absolute atomic E-state index is 12.8. The Bertz CT molecular complexity index is 1090. The zero-order valence-corrected chi connectivity index (χ0v) is 16.2. The zero-order chi connectivity index (χ0) is 19.4. The molecule has 1 aromatic heterocycles. The summed E-state index contributed by atoms with van der Waals surface area (Å²) in [6.45, 7) is 0.722. The molecule has 2 atom stereocenters. The molecule has 5 nitrogen and oxygen atoms in total. The maximum Gasteiger partial charge on any atom is 0.246 e. The van der Waals surface area contributed by atoms with Gasteiger partial charge in [-0.15, -0.1) is 0 Å². The first kappa shape index (κ1) is 17.5. The highest BCUT2D eigenvalue weighted by Crippen LogP contribution is 2.41. The number of fused-ring (bicyclic) bond motifs is 3. The van der Waals surface area contributed by atoms with Gasteiger partial charge in [0.05, 0.1) is 18.5 Å². The molecule has 0 spiro atoms. The number of hydrogen-bond acceptors (Lipinski definition) is 3. The van der Waals surface area contributed by atoms with Crippen LogP contribution in [0.25, 0.3) is 10.9 Å². The van der Waals surface area contributed by atoms with Crippen molar-refractivity contribution >= 4 is 34.3 Å². The number of carbonyl (C=O) groups is 2. The SMILES string of the molecule is CN1C(=O)CC(N2CCc3c([nH]c4ccccc34)C2c2ccc(Cl)cc2)C1=O. The topological polar surface area (TPSA) is 56.4 Å². The number of imide groups is 1. The van der Waals surface area contributed by atoms with Crippen molar-refractivity contribution in [2.75, 3.05) is 13.6 Å². The number of amides is 2. The van der Waals surface area contributed by atoms with Crippen molar-refractivity contribution in [2.24, 2.45) is 0 Å². The van der Waals surface area contributed by atoms with Crippen molar-refractivity contribution in [3.05, 3.63) is 70.4 Å². The first-order chi connectivity index (χ1) is 13.5. The number of rotatable bonds is 2. The number of likely N-dealkylation sites (N-methyl/N-ethyl adjacent to an activating group) is 1. The molecule has 2 aromatic carbocycles. The summed E-state index contributed by atoms with van der Waals surface area (Å²) < 4.78 is 0. The van der Waals surface area contributed by atoms with Crippen LogP contribution in [0.15, 0.2) is 48.5 Å². The summed E-state index contributed by atoms with van der Waals surface area (Å²) in [5.41, 5.74) is 4.55. The number of likely N-dealkylation sites (tertiary alicyclic amines) is 1. The predicted molar refractivity (Wildman–Crippen MR) is 108 cm³/mol. The van der Waals surface area contributed by atoms with Crippen LogP contribution in [0.2, 0.25) is 5.02 Å². The largest absolute Gasteiger partial charge is 0.357 e. The number of halogens is 1. The van der Waals surface area contributed by atoms with E-state index in [-0.39, 0.29) is 24.3 Å². The van der Waals surface area contributed by atoms with Crippen LogP contribution >= 0.6 is 11.6 Å². The second-order valence-electron chi connectivity index (χ2n) is 7.52. The molecule has 0 saturated carbocycles. The van der Waals surface area contributed by atoms with Crippen molar-refractivity contribution in [1.82, 2.24) is 14.8 Å². The van der Waals surface area contributed by atoms with E-state index >= 15 is 0 Å². The zero-order valence-electron chi connectivity index (χ0n) is 15.5. The van der Waals surface area contributed by atoms with Gasteiger partial charge in [0, 0.05) is 35.2 Å². The van der Waals surface area contributed by atoms with Crippen molar-refractivity contribution in [3.8, 4) is 0 Å². The molecule has 5 rings (SSSR count). The molecule has 0 bridgehead atoms. The molecule has 0 radical (unpaired) electrons. The van der Waals surface area contributed by atoms with Crippen molar-refractivity contribution in [2.45, 2.75) is 24.9 Å². The Kier molecular flexibility index (Phi) is 4.03. The van der Waals surface area contributed by atoms with Crippen LogP contribution in [0.3, 0.4) is 0 Å². The van der Waals surface area contributed by atoms with E-state index in [0.29, 0.717) is 5.02 Å². The Balaban J connectivity index is 1.66. The number of benzene rings is 2. The predicted octanol–water partition coefficient (Wildman–Crippen LogP) is 3.53. The van der Waals surface area contributed by atoms with E-state index in [2.05, 4.69) is 22.0 Å². The summed E-state index contributed by atoms with van der Waals surface area (Å²) in [5.74, 6) is -0.240. The van der Waals surface area contributed by atoms with E-state index in [1.807, 2.05) is 36.4 Å². The molecule has 1 saturated heterocycles. The maximum atomic E-state index is 12.8. The normalized spacial score (nSPS) is 22.9. The number of carbonyl (C=O) groups excluding carboxylic acids is 2. The monoisotopic (exact) mass is 393 g/mol. The van der Waals surface area contributed by atoms with E-state index in [9.17, 15) is 9.59 Å². The fourth-order valence-electron chi connectivity index (χ4n) is 4.59. The van der Waals surface area contributed by atoms with E-state index in [4.69, 9.17) is 11.6 Å². The van der Waals surface area contributed by atoms with Gasteiger partial charge in [-0.25, -0.2) is 0 Å². The van der Waals surface area contributed by atoms with Gasteiger partial charge in [-0.1, -0.05) is 41.9 Å². The smallest absolute Gasteiger partial charge is 0.246 e. The van der Waals surface area contributed by atoms with Gasteiger partial charge in [-0.05, 0) is 35.7 Å². The number of aromatic nitrogens is 1. The standard InChI is InChI=1S/C22H20ClN3O2/c1-25-19(27)12-18(22(25)28)26-11-10-16-15-4-2-3-5-17(15)24-20(16)21(26)13-6-8-14(23)9-7-13/h2-9,18,21,24H,10-12H2,1H3.